The van der Waals surface area contributed by atoms with Crippen LogP contribution >= 0.6 is 8.58 Å². The predicted octanol–water partition coefficient (Wildman–Crippen LogP) is 4.70. The van der Waals surface area contributed by atoms with Crippen LogP contribution in [0, 0.1) is 13.8 Å². The SMILES string of the molecule is CCC(C)(Pc1c(C)cccc1CN(C)C)c1cccc(C)c1O. The van der Waals surface area contributed by atoms with Gasteiger partial charge in [0.25, 0.3) is 0 Å². The highest BCUT2D eigenvalue weighted by Gasteiger charge is 2.29. The van der Waals surface area contributed by atoms with Crippen molar-refractivity contribution in [2.45, 2.75) is 45.8 Å². The molecule has 0 bridgehead atoms. The summed E-state index contributed by atoms with van der Waals surface area (Å²) in [6.07, 6.45) is 0.998. The molecule has 0 spiro atoms. The van der Waals surface area contributed by atoms with E-state index in [1.807, 2.05) is 13.0 Å². The third-order valence-corrected chi connectivity index (χ3v) is 6.93. The fourth-order valence-corrected chi connectivity index (χ4v) is 4.77. The molecule has 0 saturated carbocycles. The van der Waals surface area contributed by atoms with Gasteiger partial charge in [0.2, 0.25) is 0 Å². The lowest BCUT2D eigenvalue weighted by Gasteiger charge is -2.32. The normalized spacial score (nSPS) is 14.5. The van der Waals surface area contributed by atoms with Crippen LogP contribution in [0.25, 0.3) is 0 Å². The van der Waals surface area contributed by atoms with Crippen molar-refractivity contribution >= 4 is 13.9 Å². The molecule has 2 atom stereocenters. The molecule has 0 amide bonds. The van der Waals surface area contributed by atoms with Gasteiger partial charge in [-0.05, 0) is 56.4 Å². The van der Waals surface area contributed by atoms with Crippen molar-refractivity contribution in [2.24, 2.45) is 0 Å². The number of hydrogen-bond acceptors (Lipinski definition) is 2. The summed E-state index contributed by atoms with van der Waals surface area (Å²) in [5.41, 5.74) is 4.77. The highest BCUT2D eigenvalue weighted by atomic mass is 31.1. The number of phenols is 1. The zero-order valence-corrected chi connectivity index (χ0v) is 16.8. The molecular weight excluding hydrogens is 313 g/mol. The molecule has 0 radical (unpaired) electrons. The Morgan fingerprint density at radius 2 is 1.67 bits per heavy atom. The first kappa shape index (κ1) is 19.0. The summed E-state index contributed by atoms with van der Waals surface area (Å²) in [6.45, 7) is 9.63. The van der Waals surface area contributed by atoms with Crippen LogP contribution in [0.4, 0.5) is 0 Å². The van der Waals surface area contributed by atoms with E-state index in [0.717, 1.165) is 24.1 Å². The highest BCUT2D eigenvalue weighted by molar-refractivity contribution is 7.48. The Labute approximate surface area is 148 Å². The lowest BCUT2D eigenvalue weighted by Crippen LogP contribution is -2.24. The fourth-order valence-electron chi connectivity index (χ4n) is 3.11. The predicted molar refractivity (Wildman–Crippen MR) is 107 cm³/mol. The van der Waals surface area contributed by atoms with Gasteiger partial charge >= 0.3 is 0 Å². The van der Waals surface area contributed by atoms with E-state index in [0.29, 0.717) is 14.3 Å². The first-order valence-electron chi connectivity index (χ1n) is 8.59. The molecule has 130 valence electrons. The Morgan fingerprint density at radius 3 is 2.29 bits per heavy atom. The van der Waals surface area contributed by atoms with Gasteiger partial charge in [0, 0.05) is 17.3 Å². The second-order valence-corrected chi connectivity index (χ2v) is 8.98. The van der Waals surface area contributed by atoms with Crippen LogP contribution in [-0.2, 0) is 11.7 Å². The van der Waals surface area contributed by atoms with E-state index in [-0.39, 0.29) is 5.16 Å². The maximum Gasteiger partial charge on any atom is 0.122 e. The lowest BCUT2D eigenvalue weighted by molar-refractivity contribution is 0.403. The molecule has 0 aliphatic heterocycles. The summed E-state index contributed by atoms with van der Waals surface area (Å²) < 4.78 is 0. The number of phenolic OH excluding ortho intramolecular Hbond substituents is 1. The smallest absolute Gasteiger partial charge is 0.122 e. The molecule has 0 aromatic heterocycles. The monoisotopic (exact) mass is 343 g/mol. The third-order valence-electron chi connectivity index (χ3n) is 4.79. The molecule has 2 rings (SSSR count). The van der Waals surface area contributed by atoms with Crippen LogP contribution in [0.5, 0.6) is 5.75 Å². The average molecular weight is 343 g/mol. The minimum Gasteiger partial charge on any atom is -0.507 e. The van der Waals surface area contributed by atoms with Gasteiger partial charge in [0.05, 0.1) is 0 Å². The van der Waals surface area contributed by atoms with Crippen LogP contribution in [0.1, 0.15) is 42.5 Å². The third kappa shape index (κ3) is 3.99. The van der Waals surface area contributed by atoms with Gasteiger partial charge in [-0.2, -0.15) is 0 Å². The molecular formula is C21H30NOP. The second-order valence-electron chi connectivity index (χ2n) is 7.13. The molecule has 0 aliphatic rings. The largest absolute Gasteiger partial charge is 0.507 e. The average Bonchev–Trinajstić information content (AvgIpc) is 2.52. The van der Waals surface area contributed by atoms with E-state index < -0.39 is 0 Å². The van der Waals surface area contributed by atoms with E-state index in [4.69, 9.17) is 0 Å². The lowest BCUT2D eigenvalue weighted by atomic mass is 9.94. The molecule has 2 unspecified atom stereocenters. The summed E-state index contributed by atoms with van der Waals surface area (Å²) in [6, 6.07) is 12.7. The molecule has 24 heavy (non-hydrogen) atoms. The molecule has 1 N–H and O–H groups in total. The van der Waals surface area contributed by atoms with Gasteiger partial charge in [-0.3, -0.25) is 0 Å². The van der Waals surface area contributed by atoms with Gasteiger partial charge in [0.1, 0.15) is 5.75 Å². The molecule has 0 saturated heterocycles. The van der Waals surface area contributed by atoms with Crippen LogP contribution in [0.2, 0.25) is 0 Å². The van der Waals surface area contributed by atoms with Crippen molar-refractivity contribution in [2.75, 3.05) is 14.1 Å². The molecule has 0 fully saturated rings. The highest BCUT2D eigenvalue weighted by Crippen LogP contribution is 2.48. The maximum atomic E-state index is 10.6. The number of benzene rings is 2. The van der Waals surface area contributed by atoms with Crippen molar-refractivity contribution < 1.29 is 5.11 Å². The minimum absolute atomic E-state index is 0.0523. The number of hydrogen-bond donors (Lipinski definition) is 1. The number of aryl methyl sites for hydroxylation is 2. The molecule has 2 aromatic rings. The van der Waals surface area contributed by atoms with Crippen LogP contribution in [0.15, 0.2) is 36.4 Å². The van der Waals surface area contributed by atoms with Crippen LogP contribution in [0.3, 0.4) is 0 Å². The Morgan fingerprint density at radius 1 is 1.04 bits per heavy atom. The molecule has 2 nitrogen and oxygen atoms in total. The molecule has 0 heterocycles. The number of rotatable bonds is 6. The number of nitrogens with zero attached hydrogens (tertiary/aromatic N) is 1. The van der Waals surface area contributed by atoms with E-state index in [9.17, 15) is 5.11 Å². The number of aromatic hydroxyl groups is 1. The van der Waals surface area contributed by atoms with E-state index >= 15 is 0 Å². The minimum atomic E-state index is -0.0523. The van der Waals surface area contributed by atoms with Gasteiger partial charge in [-0.25, -0.2) is 0 Å². The van der Waals surface area contributed by atoms with Crippen molar-refractivity contribution in [1.29, 1.82) is 0 Å². The Balaban J connectivity index is 2.49. The van der Waals surface area contributed by atoms with E-state index in [2.05, 4.69) is 70.1 Å². The molecule has 0 aliphatic carbocycles. The first-order chi connectivity index (χ1) is 11.3. The van der Waals surface area contributed by atoms with Gasteiger partial charge < -0.3 is 10.0 Å². The topological polar surface area (TPSA) is 23.5 Å². The summed E-state index contributed by atoms with van der Waals surface area (Å²) >= 11 is 0. The Hall–Kier alpha value is -1.37. The molecule has 2 aromatic carbocycles. The summed E-state index contributed by atoms with van der Waals surface area (Å²) in [5.74, 6) is 0.456. The molecule has 3 heteroatoms. The van der Waals surface area contributed by atoms with E-state index in [1.54, 1.807) is 0 Å². The van der Waals surface area contributed by atoms with Crippen molar-refractivity contribution in [3.05, 3.63) is 58.7 Å². The first-order valence-corrected chi connectivity index (χ1v) is 9.59. The second kappa shape index (κ2) is 7.68. The van der Waals surface area contributed by atoms with Crippen LogP contribution < -0.4 is 5.30 Å². The van der Waals surface area contributed by atoms with Crippen molar-refractivity contribution in [3.63, 3.8) is 0 Å². The maximum absolute atomic E-state index is 10.6. The Kier molecular flexibility index (Phi) is 6.06. The fraction of sp³-hybridized carbons (Fsp3) is 0.429. The zero-order valence-electron chi connectivity index (χ0n) is 15.8. The van der Waals surface area contributed by atoms with Gasteiger partial charge in [-0.15, -0.1) is 0 Å². The number of para-hydroxylation sites is 1. The van der Waals surface area contributed by atoms with Gasteiger partial charge in [0.15, 0.2) is 0 Å². The van der Waals surface area contributed by atoms with Crippen molar-refractivity contribution in [1.82, 2.24) is 4.90 Å². The standard InChI is InChI=1S/C21H30NOP/c1-7-21(4,18-13-9-10-15(2)19(18)23)24-20-16(3)11-8-12-17(20)14-22(5)6/h8-13,23-24H,7,14H2,1-6H3. The van der Waals surface area contributed by atoms with Crippen LogP contribution in [-0.4, -0.2) is 24.1 Å². The Bertz CT molecular complexity index is 711. The van der Waals surface area contributed by atoms with Gasteiger partial charge in [-0.1, -0.05) is 58.8 Å². The van der Waals surface area contributed by atoms with Crippen molar-refractivity contribution in [3.8, 4) is 5.75 Å². The summed E-state index contributed by atoms with van der Waals surface area (Å²) in [7, 11) is 4.85. The quantitative estimate of drug-likeness (QED) is 0.769. The van der Waals surface area contributed by atoms with E-state index in [1.165, 1.54) is 16.4 Å². The summed E-state index contributed by atoms with van der Waals surface area (Å²) in [5, 5.41) is 12.0. The zero-order chi connectivity index (χ0) is 17.9. The summed E-state index contributed by atoms with van der Waals surface area (Å²) in [4.78, 5) is 2.22.